The molecular weight excluding hydrogens is 352 g/mol. The van der Waals surface area contributed by atoms with Crippen molar-refractivity contribution in [1.29, 1.82) is 0 Å². The number of carbonyl (C=O) groups is 1. The lowest BCUT2D eigenvalue weighted by Crippen LogP contribution is -2.15. The number of carbonyl (C=O) groups excluding carboxylic acids is 1. The van der Waals surface area contributed by atoms with E-state index in [1.54, 1.807) is 6.07 Å². The quantitative estimate of drug-likeness (QED) is 0.700. The van der Waals surface area contributed by atoms with Crippen LogP contribution in [-0.4, -0.2) is 12.8 Å². The number of hydrogen-bond acceptors (Lipinski definition) is 4. The molecule has 1 aliphatic rings. The maximum Gasteiger partial charge on any atom is 0.339 e. The summed E-state index contributed by atoms with van der Waals surface area (Å²) in [7, 11) is 0. The highest BCUT2D eigenvalue weighted by atomic mass is 35.5. The van der Waals surface area contributed by atoms with Gasteiger partial charge in [-0.15, -0.1) is 0 Å². The van der Waals surface area contributed by atoms with Gasteiger partial charge in [0.15, 0.2) is 6.79 Å². The second kappa shape index (κ2) is 7.29. The molecule has 0 radical (unpaired) electrons. The molecule has 0 aromatic heterocycles. The van der Waals surface area contributed by atoms with E-state index in [1.165, 1.54) is 5.56 Å². The lowest BCUT2D eigenvalue weighted by Gasteiger charge is -2.21. The van der Waals surface area contributed by atoms with Crippen LogP contribution in [0, 0.1) is 34.6 Å². The first-order valence-corrected chi connectivity index (χ1v) is 8.95. The number of esters is 1. The predicted molar refractivity (Wildman–Crippen MR) is 101 cm³/mol. The summed E-state index contributed by atoms with van der Waals surface area (Å²) in [5.41, 5.74) is 7.66. The summed E-state index contributed by atoms with van der Waals surface area (Å²) in [6.45, 7) is 10.8. The average Bonchev–Trinajstić information content (AvgIpc) is 2.62. The molecule has 0 atom stereocenters. The number of halogens is 1. The Morgan fingerprint density at radius 2 is 1.65 bits per heavy atom. The Kier molecular flexibility index (Phi) is 5.26. The highest BCUT2D eigenvalue weighted by Crippen LogP contribution is 2.33. The molecule has 4 nitrogen and oxygen atoms in total. The zero-order valence-electron chi connectivity index (χ0n) is 15.8. The van der Waals surface area contributed by atoms with Crippen molar-refractivity contribution in [3.05, 3.63) is 61.7 Å². The average molecular weight is 375 g/mol. The van der Waals surface area contributed by atoms with Crippen molar-refractivity contribution in [1.82, 2.24) is 0 Å². The summed E-state index contributed by atoms with van der Waals surface area (Å²) in [5, 5.41) is 0.568. The van der Waals surface area contributed by atoms with E-state index in [0.29, 0.717) is 22.9 Å². The van der Waals surface area contributed by atoms with Crippen LogP contribution in [0.3, 0.4) is 0 Å². The first kappa shape index (κ1) is 18.7. The molecule has 0 amide bonds. The maximum absolute atomic E-state index is 12.8. The van der Waals surface area contributed by atoms with Gasteiger partial charge in [-0.25, -0.2) is 4.79 Å². The van der Waals surface area contributed by atoms with Gasteiger partial charge in [-0.1, -0.05) is 11.6 Å². The molecule has 1 aliphatic heterocycles. The summed E-state index contributed by atoms with van der Waals surface area (Å²) < 4.78 is 16.5. The molecule has 0 bridgehead atoms. The molecule has 0 unspecified atom stereocenters. The highest BCUT2D eigenvalue weighted by molar-refractivity contribution is 6.30. The fourth-order valence-electron chi connectivity index (χ4n) is 3.39. The van der Waals surface area contributed by atoms with Crippen LogP contribution in [0.5, 0.6) is 5.75 Å². The van der Waals surface area contributed by atoms with E-state index in [-0.39, 0.29) is 19.4 Å². The number of benzene rings is 2. The van der Waals surface area contributed by atoms with E-state index in [4.69, 9.17) is 25.8 Å². The molecule has 0 aliphatic carbocycles. The molecule has 3 rings (SSSR count). The molecule has 0 N–H and O–H groups in total. The monoisotopic (exact) mass is 374 g/mol. The molecule has 5 heteroatoms. The van der Waals surface area contributed by atoms with Gasteiger partial charge >= 0.3 is 5.97 Å². The second-order valence-corrected chi connectivity index (χ2v) is 7.18. The molecule has 0 fully saturated rings. The van der Waals surface area contributed by atoms with Crippen molar-refractivity contribution in [2.24, 2.45) is 0 Å². The fraction of sp³-hybridized carbons (Fsp3) is 0.381. The number of ether oxygens (including phenoxy) is 3. The minimum Gasteiger partial charge on any atom is -0.467 e. The summed E-state index contributed by atoms with van der Waals surface area (Å²) >= 11 is 6.17. The number of hydrogen-bond donors (Lipinski definition) is 0. The van der Waals surface area contributed by atoms with Crippen molar-refractivity contribution < 1.29 is 19.0 Å². The van der Waals surface area contributed by atoms with Crippen molar-refractivity contribution in [2.75, 3.05) is 6.79 Å². The lowest BCUT2D eigenvalue weighted by atomic mass is 9.90. The first-order chi connectivity index (χ1) is 12.3. The lowest BCUT2D eigenvalue weighted by molar-refractivity contribution is -0.0180. The minimum atomic E-state index is -0.327. The third kappa shape index (κ3) is 3.31. The molecule has 2 aromatic carbocycles. The standard InChI is InChI=1S/C21H23ClO4/c1-11-12(2)14(4)19(15(5)13(11)3)21(23)25-9-17-7-18(22)6-16-8-24-10-26-20(16)17/h6-7H,8-10H2,1-5H3. The summed E-state index contributed by atoms with van der Waals surface area (Å²) in [6.07, 6.45) is 0. The predicted octanol–water partition coefficient (Wildman–Crippen LogP) is 5.11. The van der Waals surface area contributed by atoms with Crippen LogP contribution >= 0.6 is 11.6 Å². The van der Waals surface area contributed by atoms with Gasteiger partial charge in [-0.2, -0.15) is 0 Å². The van der Waals surface area contributed by atoms with Crippen LogP contribution < -0.4 is 4.74 Å². The van der Waals surface area contributed by atoms with E-state index in [2.05, 4.69) is 6.92 Å². The molecule has 0 saturated carbocycles. The molecule has 138 valence electrons. The largest absolute Gasteiger partial charge is 0.467 e. The fourth-order valence-corrected chi connectivity index (χ4v) is 3.65. The van der Waals surface area contributed by atoms with E-state index in [1.807, 2.05) is 33.8 Å². The van der Waals surface area contributed by atoms with Crippen LogP contribution in [0.15, 0.2) is 12.1 Å². The van der Waals surface area contributed by atoms with Gasteiger partial charge in [0, 0.05) is 16.1 Å². The minimum absolute atomic E-state index is 0.104. The smallest absolute Gasteiger partial charge is 0.339 e. The Morgan fingerprint density at radius 3 is 2.31 bits per heavy atom. The third-order valence-electron chi connectivity index (χ3n) is 5.31. The van der Waals surface area contributed by atoms with Crippen molar-refractivity contribution in [2.45, 2.75) is 47.8 Å². The Balaban J connectivity index is 1.88. The first-order valence-electron chi connectivity index (χ1n) is 8.57. The van der Waals surface area contributed by atoms with Crippen LogP contribution in [0.25, 0.3) is 0 Å². The van der Waals surface area contributed by atoms with Crippen LogP contribution in [0.2, 0.25) is 5.02 Å². The molecule has 2 aromatic rings. The molecule has 1 heterocycles. The highest BCUT2D eigenvalue weighted by Gasteiger charge is 2.21. The van der Waals surface area contributed by atoms with Gasteiger partial charge in [-0.05, 0) is 74.6 Å². The summed E-state index contributed by atoms with van der Waals surface area (Å²) in [6, 6.07) is 3.58. The molecule has 26 heavy (non-hydrogen) atoms. The summed E-state index contributed by atoms with van der Waals surface area (Å²) in [4.78, 5) is 12.8. The van der Waals surface area contributed by atoms with Crippen LogP contribution in [0.4, 0.5) is 0 Å². The Labute approximate surface area is 159 Å². The number of fused-ring (bicyclic) bond motifs is 1. The van der Waals surface area contributed by atoms with Gasteiger partial charge in [0.2, 0.25) is 0 Å². The second-order valence-electron chi connectivity index (χ2n) is 6.74. The molecule has 0 spiro atoms. The normalized spacial score (nSPS) is 13.2. The Hall–Kier alpha value is -2.04. The van der Waals surface area contributed by atoms with E-state index < -0.39 is 0 Å². The Bertz CT molecular complexity index is 857. The van der Waals surface area contributed by atoms with E-state index in [0.717, 1.165) is 33.4 Å². The topological polar surface area (TPSA) is 44.8 Å². The zero-order chi connectivity index (χ0) is 19.0. The van der Waals surface area contributed by atoms with Gasteiger partial charge in [0.1, 0.15) is 12.4 Å². The maximum atomic E-state index is 12.8. The molecule has 0 saturated heterocycles. The SMILES string of the molecule is Cc1c(C)c(C)c(C(=O)OCc2cc(Cl)cc3c2OCOC3)c(C)c1C. The van der Waals surface area contributed by atoms with Crippen LogP contribution in [0.1, 0.15) is 49.3 Å². The van der Waals surface area contributed by atoms with Gasteiger partial charge < -0.3 is 14.2 Å². The van der Waals surface area contributed by atoms with Crippen LogP contribution in [-0.2, 0) is 22.7 Å². The van der Waals surface area contributed by atoms with E-state index in [9.17, 15) is 4.79 Å². The van der Waals surface area contributed by atoms with E-state index >= 15 is 0 Å². The van der Waals surface area contributed by atoms with Crippen molar-refractivity contribution in [3.63, 3.8) is 0 Å². The number of rotatable bonds is 3. The Morgan fingerprint density at radius 1 is 1.04 bits per heavy atom. The van der Waals surface area contributed by atoms with Gasteiger partial charge in [-0.3, -0.25) is 0 Å². The van der Waals surface area contributed by atoms with Crippen molar-refractivity contribution >= 4 is 17.6 Å². The summed E-state index contributed by atoms with van der Waals surface area (Å²) in [5.74, 6) is 0.366. The zero-order valence-corrected chi connectivity index (χ0v) is 16.5. The third-order valence-corrected chi connectivity index (χ3v) is 5.53. The van der Waals surface area contributed by atoms with Gasteiger partial charge in [0.05, 0.1) is 12.2 Å². The molecular formula is C21H23ClO4. The van der Waals surface area contributed by atoms with Gasteiger partial charge in [0.25, 0.3) is 0 Å². The van der Waals surface area contributed by atoms with Crippen molar-refractivity contribution in [3.8, 4) is 5.75 Å².